The Morgan fingerprint density at radius 1 is 1.43 bits per heavy atom. The summed E-state index contributed by atoms with van der Waals surface area (Å²) in [5.74, 6) is -0.125. The van der Waals surface area contributed by atoms with Gasteiger partial charge < -0.3 is 10.1 Å². The minimum absolute atomic E-state index is 0.125. The number of hydrogen-bond donors (Lipinski definition) is 1. The number of halogens is 1. The van der Waals surface area contributed by atoms with Crippen LogP contribution in [0.1, 0.15) is 31.9 Å². The van der Waals surface area contributed by atoms with Crippen LogP contribution in [0.25, 0.3) is 0 Å². The molecule has 2 rings (SSSR count). The summed E-state index contributed by atoms with van der Waals surface area (Å²) in [4.78, 5) is 14.5. The van der Waals surface area contributed by atoms with Crippen LogP contribution < -0.4 is 5.32 Å². The number of rotatable bonds is 5. The SMILES string of the molecule is CCOC(=O)C1CNCCN1C(CC)c1ccc(Br)cc1. The van der Waals surface area contributed by atoms with E-state index in [1.165, 1.54) is 5.56 Å². The van der Waals surface area contributed by atoms with Crippen LogP contribution in [0.15, 0.2) is 28.7 Å². The zero-order valence-electron chi connectivity index (χ0n) is 12.6. The lowest BCUT2D eigenvalue weighted by atomic mass is 9.99. The number of benzene rings is 1. The largest absolute Gasteiger partial charge is 0.465 e. The molecule has 0 aromatic heterocycles. The van der Waals surface area contributed by atoms with Gasteiger partial charge in [-0.05, 0) is 31.0 Å². The molecule has 1 aromatic carbocycles. The molecule has 1 saturated heterocycles. The highest BCUT2D eigenvalue weighted by atomic mass is 79.9. The van der Waals surface area contributed by atoms with Crippen molar-refractivity contribution >= 4 is 21.9 Å². The minimum Gasteiger partial charge on any atom is -0.465 e. The summed E-state index contributed by atoms with van der Waals surface area (Å²) in [6.07, 6.45) is 0.970. The molecule has 0 bridgehead atoms. The Balaban J connectivity index is 2.20. The third kappa shape index (κ3) is 4.05. The molecular weight excluding hydrogens is 332 g/mol. The molecule has 0 amide bonds. The summed E-state index contributed by atoms with van der Waals surface area (Å²) in [6, 6.07) is 8.41. The molecule has 2 unspecified atom stereocenters. The topological polar surface area (TPSA) is 41.6 Å². The van der Waals surface area contributed by atoms with E-state index in [1.807, 2.05) is 6.92 Å². The van der Waals surface area contributed by atoms with E-state index in [0.29, 0.717) is 13.2 Å². The van der Waals surface area contributed by atoms with Crippen molar-refractivity contribution in [3.63, 3.8) is 0 Å². The predicted octanol–water partition coefficient (Wildman–Crippen LogP) is 2.74. The molecule has 0 radical (unpaired) electrons. The van der Waals surface area contributed by atoms with Crippen LogP contribution in [0.2, 0.25) is 0 Å². The molecule has 4 nitrogen and oxygen atoms in total. The van der Waals surface area contributed by atoms with Gasteiger partial charge in [0.1, 0.15) is 6.04 Å². The van der Waals surface area contributed by atoms with Crippen molar-refractivity contribution in [1.82, 2.24) is 10.2 Å². The van der Waals surface area contributed by atoms with Crippen LogP contribution in [0.3, 0.4) is 0 Å². The zero-order valence-corrected chi connectivity index (χ0v) is 14.2. The lowest BCUT2D eigenvalue weighted by Crippen LogP contribution is -2.56. The lowest BCUT2D eigenvalue weighted by molar-refractivity contribution is -0.151. The normalized spacial score (nSPS) is 21.0. The standard InChI is InChI=1S/C16H23BrN2O2/c1-3-14(12-5-7-13(17)8-6-12)19-10-9-18-11-15(19)16(20)21-4-2/h5-8,14-15,18H,3-4,9-11H2,1-2H3. The second kappa shape index (κ2) is 7.92. The second-order valence-corrected chi connectivity index (χ2v) is 6.10. The van der Waals surface area contributed by atoms with E-state index in [2.05, 4.69) is 57.3 Å². The van der Waals surface area contributed by atoms with E-state index in [0.717, 1.165) is 24.0 Å². The Morgan fingerprint density at radius 2 is 2.14 bits per heavy atom. The van der Waals surface area contributed by atoms with Gasteiger partial charge in [-0.2, -0.15) is 0 Å². The van der Waals surface area contributed by atoms with Crippen molar-refractivity contribution in [3.8, 4) is 0 Å². The number of carbonyl (C=O) groups excluding carboxylic acids is 1. The van der Waals surface area contributed by atoms with Gasteiger partial charge >= 0.3 is 5.97 Å². The highest BCUT2D eigenvalue weighted by Gasteiger charge is 2.34. The molecule has 21 heavy (non-hydrogen) atoms. The molecule has 0 aliphatic carbocycles. The maximum Gasteiger partial charge on any atom is 0.324 e. The van der Waals surface area contributed by atoms with Crippen molar-refractivity contribution in [2.45, 2.75) is 32.4 Å². The van der Waals surface area contributed by atoms with Gasteiger partial charge in [0.05, 0.1) is 6.61 Å². The van der Waals surface area contributed by atoms with Crippen molar-refractivity contribution in [1.29, 1.82) is 0 Å². The fourth-order valence-electron chi connectivity index (χ4n) is 2.90. The molecule has 2 atom stereocenters. The van der Waals surface area contributed by atoms with Gasteiger partial charge in [0, 0.05) is 30.1 Å². The first-order chi connectivity index (χ1) is 10.2. The first-order valence-electron chi connectivity index (χ1n) is 7.56. The lowest BCUT2D eigenvalue weighted by Gasteiger charge is -2.40. The van der Waals surface area contributed by atoms with Crippen molar-refractivity contribution in [3.05, 3.63) is 34.3 Å². The number of ether oxygens (including phenoxy) is 1. The van der Waals surface area contributed by atoms with Gasteiger partial charge in [-0.15, -0.1) is 0 Å². The predicted molar refractivity (Wildman–Crippen MR) is 87.2 cm³/mol. The maximum atomic E-state index is 12.2. The fraction of sp³-hybridized carbons (Fsp3) is 0.562. The third-order valence-corrected chi connectivity index (χ3v) is 4.41. The van der Waals surface area contributed by atoms with Crippen molar-refractivity contribution in [2.24, 2.45) is 0 Å². The van der Waals surface area contributed by atoms with E-state index in [-0.39, 0.29) is 18.1 Å². The highest BCUT2D eigenvalue weighted by molar-refractivity contribution is 9.10. The summed E-state index contributed by atoms with van der Waals surface area (Å²) in [7, 11) is 0. The van der Waals surface area contributed by atoms with Gasteiger partial charge in [0.15, 0.2) is 0 Å². The molecule has 0 saturated carbocycles. The van der Waals surface area contributed by atoms with E-state index in [9.17, 15) is 4.79 Å². The summed E-state index contributed by atoms with van der Waals surface area (Å²) in [6.45, 7) is 6.87. The van der Waals surface area contributed by atoms with Gasteiger partial charge in [0.2, 0.25) is 0 Å². The first-order valence-corrected chi connectivity index (χ1v) is 8.35. The Bertz CT molecular complexity index is 464. The monoisotopic (exact) mass is 354 g/mol. The van der Waals surface area contributed by atoms with Crippen LogP contribution in [0.5, 0.6) is 0 Å². The van der Waals surface area contributed by atoms with Gasteiger partial charge in [-0.1, -0.05) is 35.0 Å². The molecule has 5 heteroatoms. The quantitative estimate of drug-likeness (QED) is 0.825. The molecule has 116 valence electrons. The molecular formula is C16H23BrN2O2. The summed E-state index contributed by atoms with van der Waals surface area (Å²) in [5, 5.41) is 3.29. The molecule has 1 aliphatic rings. The van der Waals surface area contributed by atoms with Crippen LogP contribution in [0.4, 0.5) is 0 Å². The van der Waals surface area contributed by atoms with E-state index in [1.54, 1.807) is 0 Å². The summed E-state index contributed by atoms with van der Waals surface area (Å²) >= 11 is 3.47. The average Bonchev–Trinajstić information content (AvgIpc) is 2.50. The zero-order chi connectivity index (χ0) is 15.2. The molecule has 1 N–H and O–H groups in total. The Morgan fingerprint density at radius 3 is 2.76 bits per heavy atom. The van der Waals surface area contributed by atoms with E-state index >= 15 is 0 Å². The average molecular weight is 355 g/mol. The van der Waals surface area contributed by atoms with Crippen molar-refractivity contribution < 1.29 is 9.53 Å². The summed E-state index contributed by atoms with van der Waals surface area (Å²) < 4.78 is 6.31. The highest BCUT2D eigenvalue weighted by Crippen LogP contribution is 2.28. The number of hydrogen-bond acceptors (Lipinski definition) is 4. The molecule has 0 spiro atoms. The Kier molecular flexibility index (Phi) is 6.21. The molecule has 1 aromatic rings. The minimum atomic E-state index is -0.202. The smallest absolute Gasteiger partial charge is 0.324 e. The van der Waals surface area contributed by atoms with Crippen molar-refractivity contribution in [2.75, 3.05) is 26.2 Å². The summed E-state index contributed by atoms with van der Waals surface area (Å²) in [5.41, 5.74) is 1.25. The maximum absolute atomic E-state index is 12.2. The number of nitrogens with zero attached hydrogens (tertiary/aromatic N) is 1. The fourth-order valence-corrected chi connectivity index (χ4v) is 3.16. The van der Waals surface area contributed by atoms with Gasteiger partial charge in [-0.25, -0.2) is 0 Å². The van der Waals surface area contributed by atoms with Gasteiger partial charge in [-0.3, -0.25) is 9.69 Å². The van der Waals surface area contributed by atoms with Crippen LogP contribution in [0, 0.1) is 0 Å². The van der Waals surface area contributed by atoms with E-state index < -0.39 is 0 Å². The molecule has 1 heterocycles. The second-order valence-electron chi connectivity index (χ2n) is 5.19. The molecule has 1 fully saturated rings. The van der Waals surface area contributed by atoms with Crippen LogP contribution in [-0.4, -0.2) is 43.2 Å². The van der Waals surface area contributed by atoms with Crippen LogP contribution >= 0.6 is 15.9 Å². The van der Waals surface area contributed by atoms with Gasteiger partial charge in [0.25, 0.3) is 0 Å². The number of piperazine rings is 1. The number of carbonyl (C=O) groups is 1. The Labute approximate surface area is 135 Å². The van der Waals surface area contributed by atoms with E-state index in [4.69, 9.17) is 4.74 Å². The number of nitrogens with one attached hydrogen (secondary N) is 1. The Hall–Kier alpha value is -0.910. The third-order valence-electron chi connectivity index (χ3n) is 3.89. The molecule has 1 aliphatic heterocycles. The van der Waals surface area contributed by atoms with Crippen LogP contribution in [-0.2, 0) is 9.53 Å². The number of esters is 1. The first kappa shape index (κ1) is 16.5.